The number of nitrogen functional groups attached to an aromatic ring is 3. The molecule has 6 heterocycles. The molecule has 368 valence electrons. The highest BCUT2D eigenvalue weighted by molar-refractivity contribution is 6.66. The van der Waals surface area contributed by atoms with Gasteiger partial charge in [-0.15, -0.1) is 0 Å². The molecule has 0 aliphatic carbocycles. The molecule has 9 N–H and O–H groups in total. The van der Waals surface area contributed by atoms with Crippen molar-refractivity contribution in [2.45, 2.75) is 7.43 Å². The fraction of sp³-hybridized carbons (Fsp3) is 0.170. The summed E-state index contributed by atoms with van der Waals surface area (Å²) in [6.07, 6.45) is 5.64. The number of nitrogens with zero attached hydrogens (tertiary/aromatic N) is 8. The van der Waals surface area contributed by atoms with Crippen LogP contribution in [0.2, 0.25) is 0 Å². The molecule has 19 heteroatoms. The van der Waals surface area contributed by atoms with Gasteiger partial charge in [-0.2, -0.15) is 9.97 Å². The Hall–Kier alpha value is -8.71. The van der Waals surface area contributed by atoms with E-state index in [0.29, 0.717) is 62.7 Å². The molecule has 0 spiro atoms. The molecule has 10 rings (SSSR count). The summed E-state index contributed by atoms with van der Waals surface area (Å²) < 4.78 is 10.9. The van der Waals surface area contributed by atoms with Crippen LogP contribution in [0.25, 0.3) is 44.3 Å². The van der Waals surface area contributed by atoms with Crippen LogP contribution in [0.3, 0.4) is 0 Å². The molecule has 0 atom stereocenters. The zero-order valence-corrected chi connectivity index (χ0v) is 39.3. The van der Waals surface area contributed by atoms with E-state index in [9.17, 15) is 9.59 Å². The third-order valence-corrected chi connectivity index (χ3v) is 11.4. The number of nitrogens with one attached hydrogen (secondary N) is 3. The van der Waals surface area contributed by atoms with Gasteiger partial charge in [0.1, 0.15) is 22.7 Å². The maximum Gasteiger partial charge on any atom is 0.247 e. The number of amides is 1. The van der Waals surface area contributed by atoms with Gasteiger partial charge < -0.3 is 52.4 Å². The van der Waals surface area contributed by atoms with E-state index in [1.165, 1.54) is 11.8 Å². The molecule has 72 heavy (non-hydrogen) atoms. The number of allylic oxidation sites excluding steroid dienone is 1. The number of ether oxygens (including phenoxy) is 2. The highest BCUT2D eigenvalue weighted by Crippen LogP contribution is 2.33. The summed E-state index contributed by atoms with van der Waals surface area (Å²) in [4.78, 5) is 53.2. The van der Waals surface area contributed by atoms with Gasteiger partial charge in [0, 0.05) is 94.6 Å². The Balaban J connectivity index is 0.000000192. The number of halogens is 1. The fourth-order valence-electron chi connectivity index (χ4n) is 7.73. The Kier molecular flexibility index (Phi) is 17.2. The molecule has 2 aliphatic rings. The molecule has 0 saturated carbocycles. The van der Waals surface area contributed by atoms with Crippen LogP contribution in [0.4, 0.5) is 57.7 Å². The van der Waals surface area contributed by atoms with Gasteiger partial charge in [-0.3, -0.25) is 19.6 Å². The molecule has 0 bridgehead atoms. The van der Waals surface area contributed by atoms with Crippen LogP contribution in [0.1, 0.15) is 7.43 Å². The highest BCUT2D eigenvalue weighted by atomic mass is 35.5. The van der Waals surface area contributed by atoms with Crippen LogP contribution in [0.5, 0.6) is 0 Å². The summed E-state index contributed by atoms with van der Waals surface area (Å²) in [6.45, 7) is 13.1. The van der Waals surface area contributed by atoms with Crippen molar-refractivity contribution in [2.24, 2.45) is 0 Å². The largest absolute Gasteiger partial charge is 0.399 e. The van der Waals surface area contributed by atoms with Crippen LogP contribution in [0, 0.1) is 0 Å². The second-order valence-corrected chi connectivity index (χ2v) is 16.3. The van der Waals surface area contributed by atoms with E-state index in [-0.39, 0.29) is 13.3 Å². The van der Waals surface area contributed by atoms with E-state index >= 15 is 0 Å². The lowest BCUT2D eigenvalue weighted by Crippen LogP contribution is -2.36. The number of fused-ring (bicyclic) bond motifs is 2. The Morgan fingerprint density at radius 3 is 1.46 bits per heavy atom. The SMILES string of the molecule is C.C=CC(=O)Cl.C=CC(=O)Nc1cccc(-c2nccc3c(N)nc(Nc4ccc(N5CCOCC5)cc4)nc23)c1.Nc1cccc(-c2nccc3c(N)nc(Nc4ccc(N5CCOCC5)cc4)nc23)c1. The van der Waals surface area contributed by atoms with Gasteiger partial charge in [0.2, 0.25) is 23.0 Å². The van der Waals surface area contributed by atoms with Gasteiger partial charge in [0.15, 0.2) is 0 Å². The molecule has 1 amide bonds. The molecule has 2 saturated heterocycles. The van der Waals surface area contributed by atoms with Crippen LogP contribution >= 0.6 is 11.6 Å². The summed E-state index contributed by atoms with van der Waals surface area (Å²) in [7, 11) is 0. The van der Waals surface area contributed by atoms with Crippen LogP contribution in [-0.4, -0.2) is 93.7 Å². The molecule has 0 radical (unpaired) electrons. The molecular formula is C53H55ClN14O4. The molecule has 4 aromatic heterocycles. The number of benzene rings is 4. The maximum atomic E-state index is 11.7. The Morgan fingerprint density at radius 1 is 0.583 bits per heavy atom. The lowest BCUT2D eigenvalue weighted by atomic mass is 10.1. The Morgan fingerprint density at radius 2 is 1.03 bits per heavy atom. The number of carbonyl (C=O) groups is 2. The van der Waals surface area contributed by atoms with Crippen LogP contribution in [-0.2, 0) is 19.1 Å². The summed E-state index contributed by atoms with van der Waals surface area (Å²) in [6, 6.07) is 34.8. The predicted octanol–water partition coefficient (Wildman–Crippen LogP) is 8.99. The molecule has 2 fully saturated rings. The van der Waals surface area contributed by atoms with Crippen molar-refractivity contribution in [2.75, 3.05) is 95.6 Å². The second kappa shape index (κ2) is 24.2. The van der Waals surface area contributed by atoms with Crippen molar-refractivity contribution in [3.8, 4) is 22.5 Å². The Bertz CT molecular complexity index is 3180. The molecular weight excluding hydrogens is 932 g/mol. The number of rotatable bonds is 11. The van der Waals surface area contributed by atoms with Gasteiger partial charge in [-0.25, -0.2) is 9.97 Å². The quantitative estimate of drug-likeness (QED) is 0.0402. The first-order chi connectivity index (χ1) is 34.5. The number of carbonyl (C=O) groups excluding carboxylic acids is 2. The first-order valence-corrected chi connectivity index (χ1v) is 22.9. The molecule has 0 unspecified atom stereocenters. The van der Waals surface area contributed by atoms with Crippen molar-refractivity contribution >= 4 is 102 Å². The average molecular weight is 988 g/mol. The van der Waals surface area contributed by atoms with E-state index in [0.717, 1.165) is 92.3 Å². The van der Waals surface area contributed by atoms with Gasteiger partial charge in [0.05, 0.1) is 37.8 Å². The van der Waals surface area contributed by atoms with E-state index in [4.69, 9.17) is 48.2 Å². The minimum atomic E-state index is -0.509. The third-order valence-electron chi connectivity index (χ3n) is 11.2. The van der Waals surface area contributed by atoms with Crippen molar-refractivity contribution < 1.29 is 19.1 Å². The summed E-state index contributed by atoms with van der Waals surface area (Å²) in [5, 5.41) is 10.2. The summed E-state index contributed by atoms with van der Waals surface area (Å²) in [5.41, 5.74) is 28.1. The van der Waals surface area contributed by atoms with E-state index in [1.54, 1.807) is 24.5 Å². The number of morpholine rings is 2. The summed E-state index contributed by atoms with van der Waals surface area (Å²) in [5.74, 6) is 1.25. The Labute approximate surface area is 422 Å². The van der Waals surface area contributed by atoms with Gasteiger partial charge in [-0.1, -0.05) is 44.8 Å². The standard InChI is InChI=1S/C26H25N7O2.C23H23N7O.C3H3ClO.CH4/c1-2-22(34)29-19-5-3-4-17(16-19)23-24-21(10-11-28-23)25(27)32-26(31-24)30-18-6-8-20(9-7-18)33-12-14-35-15-13-33;24-16-3-1-2-15(14-16)20-21-19(8-9-26-20)22(25)29-23(28-21)27-17-4-6-18(7-5-17)30-10-12-31-13-11-30;1-2-3(4)5;/h2-11,16H,1,12-15H2,(H,29,34)(H3,27,30,31,32);1-9,14H,10-13,24H2,(H3,25,27,28,29);2H,1H2;1H4. The van der Waals surface area contributed by atoms with Gasteiger partial charge in [0.25, 0.3) is 0 Å². The number of pyridine rings is 2. The normalized spacial score (nSPS) is 13.0. The van der Waals surface area contributed by atoms with Gasteiger partial charge in [-0.05, 0) is 109 Å². The lowest BCUT2D eigenvalue weighted by molar-refractivity contribution is -0.112. The zero-order valence-electron chi connectivity index (χ0n) is 38.6. The van der Waals surface area contributed by atoms with E-state index < -0.39 is 5.24 Å². The fourth-order valence-corrected chi connectivity index (χ4v) is 7.73. The van der Waals surface area contributed by atoms with Crippen molar-refractivity contribution in [3.05, 3.63) is 147 Å². The zero-order chi connectivity index (χ0) is 49.7. The minimum Gasteiger partial charge on any atom is -0.399 e. The topological polar surface area (TPSA) is 251 Å². The first-order valence-electron chi connectivity index (χ1n) is 22.5. The number of anilines is 10. The predicted molar refractivity (Wildman–Crippen MR) is 291 cm³/mol. The monoisotopic (exact) mass is 986 g/mol. The van der Waals surface area contributed by atoms with Crippen molar-refractivity contribution in [3.63, 3.8) is 0 Å². The van der Waals surface area contributed by atoms with Crippen molar-refractivity contribution in [1.29, 1.82) is 0 Å². The van der Waals surface area contributed by atoms with E-state index in [2.05, 4.69) is 83.1 Å². The molecule has 8 aromatic rings. The minimum absolute atomic E-state index is 0. The average Bonchev–Trinajstić information content (AvgIpc) is 3.40. The number of hydrogen-bond acceptors (Lipinski definition) is 17. The molecule has 18 nitrogen and oxygen atoms in total. The maximum absolute atomic E-state index is 11.7. The second-order valence-electron chi connectivity index (χ2n) is 15.9. The van der Waals surface area contributed by atoms with Crippen LogP contribution in [0.15, 0.2) is 147 Å². The van der Waals surface area contributed by atoms with Crippen LogP contribution < -0.4 is 43.0 Å². The van der Waals surface area contributed by atoms with Crippen molar-refractivity contribution in [1.82, 2.24) is 29.9 Å². The van der Waals surface area contributed by atoms with E-state index in [1.807, 2.05) is 72.8 Å². The van der Waals surface area contributed by atoms with Gasteiger partial charge >= 0.3 is 0 Å². The highest BCUT2D eigenvalue weighted by Gasteiger charge is 2.17. The molecule has 4 aromatic carbocycles. The molecule has 2 aliphatic heterocycles. The lowest BCUT2D eigenvalue weighted by Gasteiger charge is -2.28. The number of nitrogens with two attached hydrogens (primary N) is 3. The number of aromatic nitrogens is 6. The first kappa shape index (κ1) is 51.1. The smallest absolute Gasteiger partial charge is 0.247 e. The summed E-state index contributed by atoms with van der Waals surface area (Å²) >= 11 is 4.71. The number of hydrogen-bond donors (Lipinski definition) is 6. The third kappa shape index (κ3) is 12.9.